The molecule has 92 valence electrons. The van der Waals surface area contributed by atoms with Crippen molar-refractivity contribution in [2.45, 2.75) is 25.1 Å². The monoisotopic (exact) mass is 233 g/mol. The topological polar surface area (TPSA) is 37.4 Å². The van der Waals surface area contributed by atoms with Gasteiger partial charge in [0.2, 0.25) is 0 Å². The summed E-state index contributed by atoms with van der Waals surface area (Å²) in [6, 6.07) is 6.11. The van der Waals surface area contributed by atoms with Gasteiger partial charge in [0, 0.05) is 45.2 Å². The Labute approximate surface area is 102 Å². The summed E-state index contributed by atoms with van der Waals surface area (Å²) in [7, 11) is 0. The van der Waals surface area contributed by atoms with Gasteiger partial charge in [0.15, 0.2) is 0 Å². The molecule has 3 heterocycles. The van der Waals surface area contributed by atoms with Crippen molar-refractivity contribution in [2.24, 2.45) is 0 Å². The van der Waals surface area contributed by atoms with Crippen LogP contribution in [-0.2, 0) is 11.3 Å². The van der Waals surface area contributed by atoms with Gasteiger partial charge in [-0.25, -0.2) is 0 Å². The summed E-state index contributed by atoms with van der Waals surface area (Å²) in [6.45, 7) is 4.99. The van der Waals surface area contributed by atoms with Crippen molar-refractivity contribution in [3.63, 3.8) is 0 Å². The molecule has 3 rings (SSSR count). The van der Waals surface area contributed by atoms with E-state index in [1.165, 1.54) is 0 Å². The molecule has 0 bridgehead atoms. The van der Waals surface area contributed by atoms with Crippen molar-refractivity contribution in [2.75, 3.05) is 26.2 Å². The molecule has 0 saturated carbocycles. The minimum Gasteiger partial charge on any atom is -0.359 e. The van der Waals surface area contributed by atoms with Gasteiger partial charge < -0.3 is 4.74 Å². The Morgan fingerprint density at radius 3 is 2.88 bits per heavy atom. The Morgan fingerprint density at radius 2 is 2.24 bits per heavy atom. The lowest BCUT2D eigenvalue weighted by atomic mass is 10.0. The third kappa shape index (κ3) is 2.49. The van der Waals surface area contributed by atoms with Crippen LogP contribution in [0.2, 0.25) is 0 Å². The van der Waals surface area contributed by atoms with E-state index in [2.05, 4.69) is 27.3 Å². The summed E-state index contributed by atoms with van der Waals surface area (Å²) in [5.74, 6) is 0. The summed E-state index contributed by atoms with van der Waals surface area (Å²) < 4.78 is 5.83. The van der Waals surface area contributed by atoms with E-state index in [1.54, 1.807) is 0 Å². The molecule has 1 N–H and O–H groups in total. The lowest BCUT2D eigenvalue weighted by Gasteiger charge is -2.38. The van der Waals surface area contributed by atoms with Gasteiger partial charge in [-0.2, -0.15) is 0 Å². The molecule has 1 spiro atoms. The number of hydrogen-bond donors (Lipinski definition) is 1. The van der Waals surface area contributed by atoms with Gasteiger partial charge in [0.1, 0.15) is 5.72 Å². The van der Waals surface area contributed by atoms with Crippen LogP contribution in [-0.4, -0.2) is 41.9 Å². The highest BCUT2D eigenvalue weighted by atomic mass is 16.5. The van der Waals surface area contributed by atoms with E-state index >= 15 is 0 Å². The molecule has 17 heavy (non-hydrogen) atoms. The SMILES string of the molecule is c1ccc(CN2CCC3(CC2)NCCO3)nc1. The fourth-order valence-electron chi connectivity index (χ4n) is 2.69. The van der Waals surface area contributed by atoms with Gasteiger partial charge in [-0.3, -0.25) is 15.2 Å². The normalized spacial score (nSPS) is 24.2. The van der Waals surface area contributed by atoms with Crippen molar-refractivity contribution >= 4 is 0 Å². The first-order valence-corrected chi connectivity index (χ1v) is 6.38. The predicted molar refractivity (Wildman–Crippen MR) is 65.4 cm³/mol. The van der Waals surface area contributed by atoms with Crippen molar-refractivity contribution < 1.29 is 4.74 Å². The number of likely N-dealkylation sites (tertiary alicyclic amines) is 1. The van der Waals surface area contributed by atoms with Crippen LogP contribution in [0.5, 0.6) is 0 Å². The van der Waals surface area contributed by atoms with E-state index < -0.39 is 0 Å². The molecular formula is C13H19N3O. The minimum absolute atomic E-state index is 0.0133. The molecule has 1 aromatic heterocycles. The maximum Gasteiger partial charge on any atom is 0.121 e. The van der Waals surface area contributed by atoms with Crippen LogP contribution in [0.1, 0.15) is 18.5 Å². The van der Waals surface area contributed by atoms with Crippen molar-refractivity contribution in [3.05, 3.63) is 30.1 Å². The second kappa shape index (κ2) is 4.72. The van der Waals surface area contributed by atoms with E-state index in [-0.39, 0.29) is 5.72 Å². The number of nitrogens with one attached hydrogen (secondary N) is 1. The summed E-state index contributed by atoms with van der Waals surface area (Å²) in [6.07, 6.45) is 4.03. The fraction of sp³-hybridized carbons (Fsp3) is 0.615. The summed E-state index contributed by atoms with van der Waals surface area (Å²) >= 11 is 0. The highest BCUT2D eigenvalue weighted by Crippen LogP contribution is 2.26. The molecular weight excluding hydrogens is 214 g/mol. The molecule has 2 aliphatic rings. The zero-order chi connectivity index (χ0) is 11.6. The molecule has 2 aliphatic heterocycles. The van der Waals surface area contributed by atoms with Crippen LogP contribution < -0.4 is 5.32 Å². The van der Waals surface area contributed by atoms with Crippen LogP contribution in [0.15, 0.2) is 24.4 Å². The second-order valence-corrected chi connectivity index (χ2v) is 4.87. The molecule has 4 heteroatoms. The number of rotatable bonds is 2. The van der Waals surface area contributed by atoms with Gasteiger partial charge in [0.05, 0.1) is 12.3 Å². The van der Waals surface area contributed by atoms with Gasteiger partial charge in [-0.1, -0.05) is 6.07 Å². The Kier molecular flexibility index (Phi) is 3.09. The van der Waals surface area contributed by atoms with Crippen LogP contribution in [0, 0.1) is 0 Å². The Morgan fingerprint density at radius 1 is 1.35 bits per heavy atom. The number of hydrogen-bond acceptors (Lipinski definition) is 4. The number of nitrogens with zero attached hydrogens (tertiary/aromatic N) is 2. The van der Waals surface area contributed by atoms with Gasteiger partial charge >= 0.3 is 0 Å². The van der Waals surface area contributed by atoms with E-state index in [9.17, 15) is 0 Å². The molecule has 0 aromatic carbocycles. The summed E-state index contributed by atoms with van der Waals surface area (Å²) in [5, 5.41) is 3.49. The van der Waals surface area contributed by atoms with Crippen molar-refractivity contribution in [3.8, 4) is 0 Å². The third-order valence-corrected chi connectivity index (χ3v) is 3.70. The average Bonchev–Trinajstić information content (AvgIpc) is 2.83. The molecule has 0 aliphatic carbocycles. The molecule has 4 nitrogen and oxygen atoms in total. The third-order valence-electron chi connectivity index (χ3n) is 3.70. The minimum atomic E-state index is -0.0133. The first-order valence-electron chi connectivity index (χ1n) is 6.38. The lowest BCUT2D eigenvalue weighted by molar-refractivity contribution is -0.0578. The molecule has 1 aromatic rings. The van der Waals surface area contributed by atoms with Crippen molar-refractivity contribution in [1.82, 2.24) is 15.2 Å². The Balaban J connectivity index is 1.55. The Bertz CT molecular complexity index is 352. The summed E-state index contributed by atoms with van der Waals surface area (Å²) in [4.78, 5) is 6.83. The first kappa shape index (κ1) is 11.1. The standard InChI is InChI=1S/C13H19N3O/c1-2-6-14-12(3-1)11-16-8-4-13(5-9-16)15-7-10-17-13/h1-3,6,15H,4-5,7-11H2. The van der Waals surface area contributed by atoms with Crippen LogP contribution in [0.25, 0.3) is 0 Å². The largest absolute Gasteiger partial charge is 0.359 e. The second-order valence-electron chi connectivity index (χ2n) is 4.87. The molecule has 2 fully saturated rings. The van der Waals surface area contributed by atoms with Crippen LogP contribution in [0.4, 0.5) is 0 Å². The van der Waals surface area contributed by atoms with E-state index in [0.717, 1.165) is 51.3 Å². The van der Waals surface area contributed by atoms with Gasteiger partial charge in [-0.15, -0.1) is 0 Å². The molecule has 0 atom stereocenters. The van der Waals surface area contributed by atoms with Crippen molar-refractivity contribution in [1.29, 1.82) is 0 Å². The fourth-order valence-corrected chi connectivity index (χ4v) is 2.69. The molecule has 0 amide bonds. The smallest absolute Gasteiger partial charge is 0.121 e. The van der Waals surface area contributed by atoms with E-state index in [4.69, 9.17) is 4.74 Å². The molecule has 0 radical (unpaired) electrons. The number of ether oxygens (including phenoxy) is 1. The number of pyridine rings is 1. The van der Waals surface area contributed by atoms with E-state index in [1.807, 2.05) is 12.3 Å². The first-order chi connectivity index (χ1) is 8.36. The Hall–Kier alpha value is -0.970. The maximum atomic E-state index is 5.83. The zero-order valence-corrected chi connectivity index (χ0v) is 10.1. The predicted octanol–water partition coefficient (Wildman–Crippen LogP) is 0.993. The lowest BCUT2D eigenvalue weighted by Crippen LogP contribution is -2.50. The van der Waals surface area contributed by atoms with Crippen LogP contribution >= 0.6 is 0 Å². The number of aromatic nitrogens is 1. The van der Waals surface area contributed by atoms with Crippen LogP contribution in [0.3, 0.4) is 0 Å². The van der Waals surface area contributed by atoms with Gasteiger partial charge in [0.25, 0.3) is 0 Å². The quantitative estimate of drug-likeness (QED) is 0.826. The molecule has 0 unspecified atom stereocenters. The highest BCUT2D eigenvalue weighted by molar-refractivity contribution is 5.03. The zero-order valence-electron chi connectivity index (χ0n) is 10.1. The molecule has 2 saturated heterocycles. The maximum absolute atomic E-state index is 5.83. The highest BCUT2D eigenvalue weighted by Gasteiger charge is 2.37. The summed E-state index contributed by atoms with van der Waals surface area (Å²) in [5.41, 5.74) is 1.14. The van der Waals surface area contributed by atoms with E-state index in [0.29, 0.717) is 0 Å². The van der Waals surface area contributed by atoms with Gasteiger partial charge in [-0.05, 0) is 12.1 Å². The number of piperidine rings is 1. The average molecular weight is 233 g/mol.